The Morgan fingerprint density at radius 3 is 2.33 bits per heavy atom. The Morgan fingerprint density at radius 2 is 1.75 bits per heavy atom. The lowest BCUT2D eigenvalue weighted by Gasteiger charge is -2.21. The lowest BCUT2D eigenvalue weighted by molar-refractivity contribution is -0.142. The van der Waals surface area contributed by atoms with E-state index in [0.717, 1.165) is 16.8 Å². The minimum absolute atomic E-state index is 0.177. The third-order valence-electron chi connectivity index (χ3n) is 4.87. The summed E-state index contributed by atoms with van der Waals surface area (Å²) >= 11 is 0. The van der Waals surface area contributed by atoms with Gasteiger partial charge >= 0.3 is 5.97 Å². The maximum absolute atomic E-state index is 12.7. The molecule has 1 aromatic carbocycles. The average molecular weight is 330 g/mol. The number of nitrogens with zero attached hydrogens (tertiary/aromatic N) is 2. The van der Waals surface area contributed by atoms with Gasteiger partial charge in [-0.25, -0.2) is 0 Å². The van der Waals surface area contributed by atoms with Gasteiger partial charge in [-0.15, -0.1) is 0 Å². The summed E-state index contributed by atoms with van der Waals surface area (Å²) in [6.45, 7) is 5.12. The smallest absolute Gasteiger partial charge is 0.308 e. The molecule has 2 aliphatic heterocycles. The van der Waals surface area contributed by atoms with Crippen molar-refractivity contribution in [2.75, 3.05) is 24.5 Å². The van der Waals surface area contributed by atoms with Crippen LogP contribution in [0.1, 0.15) is 24.0 Å². The number of aryl methyl sites for hydroxylation is 2. The van der Waals surface area contributed by atoms with E-state index in [4.69, 9.17) is 5.11 Å². The minimum Gasteiger partial charge on any atom is -0.481 e. The molecule has 1 N–H and O–H groups in total. The van der Waals surface area contributed by atoms with Gasteiger partial charge in [0.15, 0.2) is 0 Å². The monoisotopic (exact) mass is 330 g/mol. The summed E-state index contributed by atoms with van der Waals surface area (Å²) in [6, 6.07) is 5.95. The Bertz CT molecular complexity index is 680. The molecule has 0 radical (unpaired) electrons. The van der Waals surface area contributed by atoms with E-state index in [1.165, 1.54) is 4.90 Å². The fourth-order valence-corrected chi connectivity index (χ4v) is 3.65. The van der Waals surface area contributed by atoms with Gasteiger partial charge in [0.05, 0.1) is 5.92 Å². The molecule has 0 spiro atoms. The number of hydrogen-bond acceptors (Lipinski definition) is 3. The first kappa shape index (κ1) is 16.5. The highest BCUT2D eigenvalue weighted by Crippen LogP contribution is 2.29. The summed E-state index contributed by atoms with van der Waals surface area (Å²) < 4.78 is 0. The van der Waals surface area contributed by atoms with E-state index in [1.54, 1.807) is 4.90 Å². The standard InChI is InChI=1S/C18H22N2O4/c1-11-7-12(2)9-14(8-11)20-6-4-15(17(20)22)16(21)19-5-3-13(10-19)18(23)24/h7-9,13,15H,3-6,10H2,1-2H3,(H,23,24)/t13-,15+/m0/s1. The number of aliphatic carboxylic acids is 1. The first-order valence-electron chi connectivity index (χ1n) is 8.28. The zero-order valence-electron chi connectivity index (χ0n) is 14.0. The molecular weight excluding hydrogens is 308 g/mol. The second kappa shape index (κ2) is 6.26. The van der Waals surface area contributed by atoms with Gasteiger partial charge < -0.3 is 14.9 Å². The van der Waals surface area contributed by atoms with Gasteiger partial charge in [0, 0.05) is 25.3 Å². The minimum atomic E-state index is -0.875. The molecule has 0 saturated carbocycles. The molecule has 2 saturated heterocycles. The number of carboxylic acid groups (broad SMARTS) is 1. The number of rotatable bonds is 3. The highest BCUT2D eigenvalue weighted by molar-refractivity contribution is 6.09. The number of anilines is 1. The van der Waals surface area contributed by atoms with E-state index >= 15 is 0 Å². The van der Waals surface area contributed by atoms with Crippen LogP contribution in [0.5, 0.6) is 0 Å². The summed E-state index contributed by atoms with van der Waals surface area (Å²) in [5.74, 6) is -2.47. The molecule has 0 aliphatic carbocycles. The molecule has 2 atom stereocenters. The highest BCUT2D eigenvalue weighted by Gasteiger charge is 2.42. The predicted octanol–water partition coefficient (Wildman–Crippen LogP) is 1.59. The second-order valence-corrected chi connectivity index (χ2v) is 6.79. The van der Waals surface area contributed by atoms with Gasteiger partial charge in [0.1, 0.15) is 5.92 Å². The number of carbonyl (C=O) groups excluding carboxylic acids is 2. The van der Waals surface area contributed by atoms with Crippen LogP contribution in [0.2, 0.25) is 0 Å². The number of likely N-dealkylation sites (tertiary alicyclic amines) is 1. The molecule has 0 aromatic heterocycles. The SMILES string of the molecule is Cc1cc(C)cc(N2CC[C@H](C(=O)N3CC[C@H](C(=O)O)C3)C2=O)c1. The van der Waals surface area contributed by atoms with E-state index in [2.05, 4.69) is 0 Å². The molecular formula is C18H22N2O4. The molecule has 0 bridgehead atoms. The van der Waals surface area contributed by atoms with Crippen LogP contribution in [0.3, 0.4) is 0 Å². The Kier molecular flexibility index (Phi) is 4.30. The molecule has 2 heterocycles. The predicted molar refractivity (Wildman–Crippen MR) is 88.7 cm³/mol. The first-order valence-corrected chi connectivity index (χ1v) is 8.28. The normalized spacial score (nSPS) is 23.8. The van der Waals surface area contributed by atoms with Crippen LogP contribution in [0, 0.1) is 25.7 Å². The Morgan fingerprint density at radius 1 is 1.08 bits per heavy atom. The molecule has 0 unspecified atom stereocenters. The van der Waals surface area contributed by atoms with Crippen molar-refractivity contribution < 1.29 is 19.5 Å². The molecule has 6 heteroatoms. The summed E-state index contributed by atoms with van der Waals surface area (Å²) in [7, 11) is 0. The fourth-order valence-electron chi connectivity index (χ4n) is 3.65. The van der Waals surface area contributed by atoms with Gasteiger partial charge in [-0.1, -0.05) is 6.07 Å². The zero-order chi connectivity index (χ0) is 17.4. The molecule has 2 fully saturated rings. The Labute approximate surface area is 141 Å². The van der Waals surface area contributed by atoms with E-state index < -0.39 is 17.8 Å². The second-order valence-electron chi connectivity index (χ2n) is 6.79. The van der Waals surface area contributed by atoms with Gasteiger partial charge in [-0.2, -0.15) is 0 Å². The first-order chi connectivity index (χ1) is 11.4. The van der Waals surface area contributed by atoms with Gasteiger partial charge in [-0.3, -0.25) is 14.4 Å². The molecule has 1 aromatic rings. The lowest BCUT2D eigenvalue weighted by atomic mass is 10.1. The van der Waals surface area contributed by atoms with Crippen molar-refractivity contribution in [2.24, 2.45) is 11.8 Å². The van der Waals surface area contributed by atoms with Crippen molar-refractivity contribution in [3.63, 3.8) is 0 Å². The van der Waals surface area contributed by atoms with E-state index in [9.17, 15) is 14.4 Å². The number of amides is 2. The quantitative estimate of drug-likeness (QED) is 0.854. The molecule has 6 nitrogen and oxygen atoms in total. The van der Waals surface area contributed by atoms with E-state index in [0.29, 0.717) is 25.9 Å². The number of carbonyl (C=O) groups is 3. The van der Waals surface area contributed by atoms with Gasteiger partial charge in [-0.05, 0) is 49.9 Å². The van der Waals surface area contributed by atoms with Gasteiger partial charge in [0.25, 0.3) is 0 Å². The van der Waals surface area contributed by atoms with Crippen LogP contribution in [0.15, 0.2) is 18.2 Å². The van der Waals surface area contributed by atoms with Crippen molar-refractivity contribution >= 4 is 23.5 Å². The summed E-state index contributed by atoms with van der Waals surface area (Å²) in [5, 5.41) is 9.06. The van der Waals surface area contributed by atoms with Crippen molar-refractivity contribution in [3.05, 3.63) is 29.3 Å². The van der Waals surface area contributed by atoms with E-state index in [1.807, 2.05) is 32.0 Å². The van der Waals surface area contributed by atoms with Crippen LogP contribution in [0.25, 0.3) is 0 Å². The van der Waals surface area contributed by atoms with Crippen molar-refractivity contribution in [1.29, 1.82) is 0 Å². The molecule has 3 rings (SSSR count). The number of benzene rings is 1. The molecule has 128 valence electrons. The van der Waals surface area contributed by atoms with Crippen LogP contribution < -0.4 is 4.90 Å². The fraction of sp³-hybridized carbons (Fsp3) is 0.500. The molecule has 2 aliphatic rings. The van der Waals surface area contributed by atoms with Gasteiger partial charge in [0.2, 0.25) is 11.8 Å². The van der Waals surface area contributed by atoms with Crippen LogP contribution >= 0.6 is 0 Å². The van der Waals surface area contributed by atoms with Crippen LogP contribution in [-0.4, -0.2) is 47.4 Å². The topological polar surface area (TPSA) is 77.9 Å². The Balaban J connectivity index is 1.72. The molecule has 2 amide bonds. The summed E-state index contributed by atoms with van der Waals surface area (Å²) in [6.07, 6.45) is 0.946. The largest absolute Gasteiger partial charge is 0.481 e. The van der Waals surface area contributed by atoms with Crippen LogP contribution in [0.4, 0.5) is 5.69 Å². The molecule has 24 heavy (non-hydrogen) atoms. The van der Waals surface area contributed by atoms with E-state index in [-0.39, 0.29) is 18.4 Å². The number of hydrogen-bond donors (Lipinski definition) is 1. The average Bonchev–Trinajstić information content (AvgIpc) is 3.12. The summed E-state index contributed by atoms with van der Waals surface area (Å²) in [5.41, 5.74) is 2.99. The number of carboxylic acids is 1. The van der Waals surface area contributed by atoms with Crippen molar-refractivity contribution in [1.82, 2.24) is 4.90 Å². The Hall–Kier alpha value is -2.37. The van der Waals surface area contributed by atoms with Crippen LogP contribution in [-0.2, 0) is 14.4 Å². The summed E-state index contributed by atoms with van der Waals surface area (Å²) in [4.78, 5) is 39.6. The maximum atomic E-state index is 12.7. The maximum Gasteiger partial charge on any atom is 0.308 e. The highest BCUT2D eigenvalue weighted by atomic mass is 16.4. The third kappa shape index (κ3) is 3.00. The third-order valence-corrected chi connectivity index (χ3v) is 4.87. The zero-order valence-corrected chi connectivity index (χ0v) is 14.0. The van der Waals surface area contributed by atoms with Crippen molar-refractivity contribution in [2.45, 2.75) is 26.7 Å². The lowest BCUT2D eigenvalue weighted by Crippen LogP contribution is -2.39. The van der Waals surface area contributed by atoms with Crippen molar-refractivity contribution in [3.8, 4) is 0 Å².